The van der Waals surface area contributed by atoms with Crippen molar-refractivity contribution in [3.05, 3.63) is 34.6 Å². The molecule has 0 aliphatic heterocycles. The molecular formula is C10H10ClFN2O. The highest BCUT2D eigenvalue weighted by Crippen LogP contribution is 2.25. The van der Waals surface area contributed by atoms with E-state index in [-0.39, 0.29) is 17.1 Å². The highest BCUT2D eigenvalue weighted by molar-refractivity contribution is 6.32. The lowest BCUT2D eigenvalue weighted by atomic mass is 10.1. The van der Waals surface area contributed by atoms with Crippen LogP contribution in [0.2, 0.25) is 5.02 Å². The van der Waals surface area contributed by atoms with Gasteiger partial charge in [0.15, 0.2) is 5.82 Å². The SMILES string of the molecule is NC(=O)CC=Cc1ccc(N)c(F)c1Cl. The monoisotopic (exact) mass is 228 g/mol. The maximum Gasteiger partial charge on any atom is 0.221 e. The zero-order valence-electron chi connectivity index (χ0n) is 7.84. The molecule has 0 aromatic heterocycles. The number of hydrogen-bond acceptors (Lipinski definition) is 2. The topological polar surface area (TPSA) is 69.1 Å². The van der Waals surface area contributed by atoms with Crippen molar-refractivity contribution in [1.29, 1.82) is 0 Å². The normalized spacial score (nSPS) is 10.8. The Kier molecular flexibility index (Phi) is 3.68. The number of nitrogen functional groups attached to an aromatic ring is 1. The van der Waals surface area contributed by atoms with Gasteiger partial charge < -0.3 is 11.5 Å². The molecule has 5 heteroatoms. The first-order valence-corrected chi connectivity index (χ1v) is 4.58. The molecule has 4 N–H and O–H groups in total. The quantitative estimate of drug-likeness (QED) is 0.777. The summed E-state index contributed by atoms with van der Waals surface area (Å²) in [6, 6.07) is 2.98. The number of rotatable bonds is 3. The van der Waals surface area contributed by atoms with Crippen molar-refractivity contribution >= 4 is 29.3 Å². The van der Waals surface area contributed by atoms with Crippen LogP contribution in [0.25, 0.3) is 6.08 Å². The van der Waals surface area contributed by atoms with Crippen LogP contribution < -0.4 is 11.5 Å². The molecule has 0 saturated carbocycles. The Labute approximate surface area is 91.5 Å². The Bertz CT molecular complexity index is 418. The van der Waals surface area contributed by atoms with E-state index in [0.717, 1.165) is 0 Å². The van der Waals surface area contributed by atoms with Crippen molar-refractivity contribution in [3.8, 4) is 0 Å². The highest BCUT2D eigenvalue weighted by Gasteiger charge is 2.06. The smallest absolute Gasteiger partial charge is 0.221 e. The Morgan fingerprint density at radius 2 is 2.20 bits per heavy atom. The Hall–Kier alpha value is -1.55. The Balaban J connectivity index is 2.92. The Morgan fingerprint density at radius 1 is 1.53 bits per heavy atom. The second-order valence-corrected chi connectivity index (χ2v) is 3.32. The van der Waals surface area contributed by atoms with Gasteiger partial charge in [-0.05, 0) is 11.6 Å². The molecule has 0 radical (unpaired) electrons. The number of halogens is 2. The molecule has 0 unspecified atom stereocenters. The van der Waals surface area contributed by atoms with Crippen molar-refractivity contribution in [1.82, 2.24) is 0 Å². The fraction of sp³-hybridized carbons (Fsp3) is 0.100. The third-order valence-corrected chi connectivity index (χ3v) is 2.14. The molecule has 0 aliphatic rings. The van der Waals surface area contributed by atoms with E-state index in [9.17, 15) is 9.18 Å². The summed E-state index contributed by atoms with van der Waals surface area (Å²) < 4.78 is 13.2. The predicted molar refractivity (Wildman–Crippen MR) is 58.7 cm³/mol. The van der Waals surface area contributed by atoms with Gasteiger partial charge in [0.25, 0.3) is 0 Å². The molecule has 0 spiro atoms. The maximum atomic E-state index is 13.2. The molecule has 1 rings (SSSR count). The van der Waals surface area contributed by atoms with Crippen LogP contribution in [0.1, 0.15) is 12.0 Å². The molecule has 0 atom stereocenters. The van der Waals surface area contributed by atoms with Gasteiger partial charge in [0.1, 0.15) is 0 Å². The largest absolute Gasteiger partial charge is 0.396 e. The summed E-state index contributed by atoms with van der Waals surface area (Å²) in [4.78, 5) is 10.4. The molecule has 15 heavy (non-hydrogen) atoms. The minimum atomic E-state index is -0.655. The molecule has 1 amide bonds. The average Bonchev–Trinajstić information content (AvgIpc) is 2.18. The van der Waals surface area contributed by atoms with Gasteiger partial charge in [0.05, 0.1) is 10.7 Å². The van der Waals surface area contributed by atoms with Crippen LogP contribution in [0.15, 0.2) is 18.2 Å². The molecule has 0 bridgehead atoms. The maximum absolute atomic E-state index is 13.2. The molecule has 0 aliphatic carbocycles. The summed E-state index contributed by atoms with van der Waals surface area (Å²) in [6.07, 6.45) is 3.12. The van der Waals surface area contributed by atoms with Crippen molar-refractivity contribution in [2.45, 2.75) is 6.42 Å². The van der Waals surface area contributed by atoms with Gasteiger partial charge in [-0.2, -0.15) is 0 Å². The van der Waals surface area contributed by atoms with E-state index in [1.807, 2.05) is 0 Å². The van der Waals surface area contributed by atoms with Crippen LogP contribution in [0.3, 0.4) is 0 Å². The van der Waals surface area contributed by atoms with Crippen LogP contribution in [-0.2, 0) is 4.79 Å². The van der Waals surface area contributed by atoms with E-state index in [1.165, 1.54) is 18.2 Å². The lowest BCUT2D eigenvalue weighted by Gasteiger charge is -2.02. The summed E-state index contributed by atoms with van der Waals surface area (Å²) >= 11 is 5.69. The molecular weight excluding hydrogens is 219 g/mol. The highest BCUT2D eigenvalue weighted by atomic mass is 35.5. The first-order chi connectivity index (χ1) is 7.02. The zero-order valence-corrected chi connectivity index (χ0v) is 8.59. The van der Waals surface area contributed by atoms with Crippen LogP contribution >= 0.6 is 11.6 Å². The van der Waals surface area contributed by atoms with E-state index >= 15 is 0 Å². The summed E-state index contributed by atoms with van der Waals surface area (Å²) in [5.74, 6) is -1.11. The van der Waals surface area contributed by atoms with Gasteiger partial charge in [-0.15, -0.1) is 0 Å². The summed E-state index contributed by atoms with van der Waals surface area (Å²) in [7, 11) is 0. The summed E-state index contributed by atoms with van der Waals surface area (Å²) in [6.45, 7) is 0. The van der Waals surface area contributed by atoms with E-state index in [1.54, 1.807) is 6.07 Å². The molecule has 1 aromatic carbocycles. The molecule has 0 fully saturated rings. The zero-order chi connectivity index (χ0) is 11.4. The van der Waals surface area contributed by atoms with Crippen LogP contribution in [0.5, 0.6) is 0 Å². The van der Waals surface area contributed by atoms with E-state index in [2.05, 4.69) is 0 Å². The minimum Gasteiger partial charge on any atom is -0.396 e. The number of carbonyl (C=O) groups is 1. The lowest BCUT2D eigenvalue weighted by Crippen LogP contribution is -2.07. The third kappa shape index (κ3) is 2.95. The van der Waals surface area contributed by atoms with Crippen LogP contribution in [0, 0.1) is 5.82 Å². The third-order valence-electron chi connectivity index (χ3n) is 1.76. The van der Waals surface area contributed by atoms with Gasteiger partial charge in [0.2, 0.25) is 5.91 Å². The predicted octanol–water partition coefficient (Wildman–Crippen LogP) is 1.95. The fourth-order valence-electron chi connectivity index (χ4n) is 1.01. The van der Waals surface area contributed by atoms with Gasteiger partial charge in [-0.3, -0.25) is 4.79 Å². The van der Waals surface area contributed by atoms with Gasteiger partial charge >= 0.3 is 0 Å². The van der Waals surface area contributed by atoms with Crippen molar-refractivity contribution < 1.29 is 9.18 Å². The molecule has 0 saturated heterocycles. The van der Waals surface area contributed by atoms with E-state index < -0.39 is 11.7 Å². The second kappa shape index (κ2) is 4.79. The van der Waals surface area contributed by atoms with Crippen molar-refractivity contribution in [3.63, 3.8) is 0 Å². The van der Waals surface area contributed by atoms with Gasteiger partial charge in [-0.1, -0.05) is 29.8 Å². The molecule has 3 nitrogen and oxygen atoms in total. The number of nitrogens with two attached hydrogens (primary N) is 2. The first kappa shape index (κ1) is 11.5. The van der Waals surface area contributed by atoms with Gasteiger partial charge in [-0.25, -0.2) is 4.39 Å². The van der Waals surface area contributed by atoms with E-state index in [4.69, 9.17) is 23.1 Å². The number of benzene rings is 1. The van der Waals surface area contributed by atoms with Crippen LogP contribution in [0.4, 0.5) is 10.1 Å². The van der Waals surface area contributed by atoms with Crippen LogP contribution in [-0.4, -0.2) is 5.91 Å². The van der Waals surface area contributed by atoms with Crippen molar-refractivity contribution in [2.75, 3.05) is 5.73 Å². The Morgan fingerprint density at radius 3 is 2.80 bits per heavy atom. The number of anilines is 1. The average molecular weight is 229 g/mol. The lowest BCUT2D eigenvalue weighted by molar-refractivity contribution is -0.117. The number of carbonyl (C=O) groups excluding carboxylic acids is 1. The number of amides is 1. The van der Waals surface area contributed by atoms with E-state index in [0.29, 0.717) is 5.56 Å². The molecule has 1 aromatic rings. The summed E-state index contributed by atoms with van der Waals surface area (Å²) in [5.41, 5.74) is 10.7. The minimum absolute atomic E-state index is 0.00736. The number of primary amides is 1. The van der Waals surface area contributed by atoms with Crippen molar-refractivity contribution in [2.24, 2.45) is 5.73 Å². The fourth-order valence-corrected chi connectivity index (χ4v) is 1.25. The molecule has 80 valence electrons. The van der Waals surface area contributed by atoms with Gasteiger partial charge in [0, 0.05) is 6.42 Å². The molecule has 0 heterocycles. The second-order valence-electron chi connectivity index (χ2n) is 2.94. The number of hydrogen-bond donors (Lipinski definition) is 2. The first-order valence-electron chi connectivity index (χ1n) is 4.20. The standard InChI is InChI=1S/C10H10ClFN2O/c11-9-6(2-1-3-8(14)15)4-5-7(13)10(9)12/h1-2,4-5H,3,13H2,(H2,14,15). The summed E-state index contributed by atoms with van der Waals surface area (Å²) in [5, 5.41) is -0.0595.